The Morgan fingerprint density at radius 1 is 1.50 bits per heavy atom. The van der Waals surface area contributed by atoms with Gasteiger partial charge in [0, 0.05) is 19.2 Å². The molecule has 2 aromatic rings. The lowest BCUT2D eigenvalue weighted by Crippen LogP contribution is -2.44. The largest absolute Gasteiger partial charge is 0.399 e. The predicted octanol–water partition coefficient (Wildman–Crippen LogP) is 2.01. The molecule has 1 aliphatic rings. The summed E-state index contributed by atoms with van der Waals surface area (Å²) in [5, 5.41) is 17.2. The van der Waals surface area contributed by atoms with Crippen molar-refractivity contribution in [3.8, 4) is 6.07 Å². The van der Waals surface area contributed by atoms with E-state index in [9.17, 15) is 0 Å². The molecule has 0 saturated heterocycles. The molecule has 0 radical (unpaired) electrons. The first kappa shape index (κ1) is 12.7. The van der Waals surface area contributed by atoms with E-state index in [-0.39, 0.29) is 5.41 Å². The molecule has 0 bridgehead atoms. The van der Waals surface area contributed by atoms with Crippen molar-refractivity contribution in [2.45, 2.75) is 24.7 Å². The summed E-state index contributed by atoms with van der Waals surface area (Å²) in [6.45, 7) is 0. The summed E-state index contributed by atoms with van der Waals surface area (Å²) >= 11 is 0. The highest BCUT2D eigenvalue weighted by atomic mass is 15.3. The number of hydrogen-bond donors (Lipinski definition) is 1. The summed E-state index contributed by atoms with van der Waals surface area (Å²) in [5.74, 6) is 1.38. The van der Waals surface area contributed by atoms with E-state index in [4.69, 9.17) is 11.0 Å². The molecule has 1 aromatic heterocycles. The molecule has 5 nitrogen and oxygen atoms in total. The van der Waals surface area contributed by atoms with E-state index in [0.29, 0.717) is 12.3 Å². The van der Waals surface area contributed by atoms with Crippen LogP contribution in [0.2, 0.25) is 0 Å². The minimum Gasteiger partial charge on any atom is -0.399 e. The lowest BCUT2D eigenvalue weighted by Gasteiger charge is -2.46. The molecule has 1 fully saturated rings. The molecule has 20 heavy (non-hydrogen) atoms. The van der Waals surface area contributed by atoms with Gasteiger partial charge in [-0.1, -0.05) is 12.1 Å². The zero-order valence-electron chi connectivity index (χ0n) is 11.5. The van der Waals surface area contributed by atoms with Crippen molar-refractivity contribution in [2.24, 2.45) is 13.0 Å². The summed E-state index contributed by atoms with van der Waals surface area (Å²) in [7, 11) is 1.96. The lowest BCUT2D eigenvalue weighted by molar-refractivity contribution is 0.172. The van der Waals surface area contributed by atoms with Crippen LogP contribution in [0.4, 0.5) is 5.69 Å². The van der Waals surface area contributed by atoms with Crippen LogP contribution >= 0.6 is 0 Å². The Kier molecular flexibility index (Phi) is 2.94. The van der Waals surface area contributed by atoms with Crippen LogP contribution < -0.4 is 5.73 Å². The first-order chi connectivity index (χ1) is 9.65. The van der Waals surface area contributed by atoms with Crippen LogP contribution in [0.15, 0.2) is 30.6 Å². The highest BCUT2D eigenvalue weighted by molar-refractivity contribution is 5.47. The number of benzene rings is 1. The molecule has 1 saturated carbocycles. The van der Waals surface area contributed by atoms with Gasteiger partial charge >= 0.3 is 0 Å². The fourth-order valence-electron chi connectivity index (χ4n) is 3.30. The number of rotatable bonds is 3. The Morgan fingerprint density at radius 2 is 2.30 bits per heavy atom. The number of nitrogen functional groups attached to an aromatic ring is 1. The summed E-state index contributed by atoms with van der Waals surface area (Å²) in [6, 6.07) is 10.2. The van der Waals surface area contributed by atoms with Crippen LogP contribution in [0.25, 0.3) is 0 Å². The maximum atomic E-state index is 8.87. The van der Waals surface area contributed by atoms with Crippen molar-refractivity contribution in [2.75, 3.05) is 5.73 Å². The predicted molar refractivity (Wildman–Crippen MR) is 75.6 cm³/mol. The van der Waals surface area contributed by atoms with Gasteiger partial charge in [0.25, 0.3) is 0 Å². The van der Waals surface area contributed by atoms with E-state index in [0.717, 1.165) is 24.4 Å². The van der Waals surface area contributed by atoms with Crippen molar-refractivity contribution in [3.05, 3.63) is 42.0 Å². The zero-order chi connectivity index (χ0) is 14.2. The number of hydrogen-bond acceptors (Lipinski definition) is 4. The summed E-state index contributed by atoms with van der Waals surface area (Å²) < 4.78 is 1.96. The Morgan fingerprint density at radius 3 is 2.90 bits per heavy atom. The highest BCUT2D eigenvalue weighted by Crippen LogP contribution is 2.52. The number of aryl methyl sites for hydroxylation is 1. The summed E-state index contributed by atoms with van der Waals surface area (Å²) in [5.41, 5.74) is 7.70. The molecular weight excluding hydrogens is 250 g/mol. The van der Waals surface area contributed by atoms with Crippen LogP contribution in [0, 0.1) is 17.2 Å². The molecule has 102 valence electrons. The third kappa shape index (κ3) is 1.85. The third-order valence-electron chi connectivity index (χ3n) is 4.23. The second kappa shape index (κ2) is 4.64. The third-order valence-corrected chi connectivity index (χ3v) is 4.23. The van der Waals surface area contributed by atoms with Crippen molar-refractivity contribution in [1.82, 2.24) is 14.8 Å². The minimum absolute atomic E-state index is 0.151. The van der Waals surface area contributed by atoms with Crippen LogP contribution in [0.1, 0.15) is 30.7 Å². The average Bonchev–Trinajstić information content (AvgIpc) is 2.80. The average molecular weight is 267 g/mol. The van der Waals surface area contributed by atoms with E-state index in [2.05, 4.69) is 22.3 Å². The van der Waals surface area contributed by atoms with E-state index >= 15 is 0 Å². The van der Waals surface area contributed by atoms with Crippen LogP contribution in [-0.4, -0.2) is 14.8 Å². The Labute approximate surface area is 118 Å². The highest BCUT2D eigenvalue weighted by Gasteiger charge is 2.49. The minimum atomic E-state index is -0.151. The van der Waals surface area contributed by atoms with Gasteiger partial charge in [0.1, 0.15) is 12.2 Å². The molecule has 2 N–H and O–H groups in total. The Hall–Kier alpha value is -2.35. The summed E-state index contributed by atoms with van der Waals surface area (Å²) in [4.78, 5) is 0. The quantitative estimate of drug-likeness (QED) is 0.862. The van der Waals surface area contributed by atoms with Gasteiger partial charge in [-0.3, -0.25) is 0 Å². The van der Waals surface area contributed by atoms with Gasteiger partial charge in [0.05, 0.1) is 11.5 Å². The zero-order valence-corrected chi connectivity index (χ0v) is 11.5. The molecule has 0 unspecified atom stereocenters. The molecule has 5 heteroatoms. The Balaban J connectivity index is 2.03. The fraction of sp³-hybridized carbons (Fsp3) is 0.400. The molecule has 0 aliphatic heterocycles. The van der Waals surface area contributed by atoms with Crippen LogP contribution in [-0.2, 0) is 12.5 Å². The standard InChI is InChI=1S/C15H17N5/c1-20-10-18-19-14(20)15(8-11(9-15)5-6-16)12-3-2-4-13(17)7-12/h2-4,7,10-11H,5,8-9,17H2,1H3/t11-,15-. The lowest BCUT2D eigenvalue weighted by atomic mass is 9.57. The van der Waals surface area contributed by atoms with Gasteiger partial charge in [0.15, 0.2) is 0 Å². The van der Waals surface area contributed by atoms with Gasteiger partial charge in [0.2, 0.25) is 0 Å². The van der Waals surface area contributed by atoms with Gasteiger partial charge in [-0.05, 0) is 36.5 Å². The molecule has 0 amide bonds. The monoisotopic (exact) mass is 267 g/mol. The van der Waals surface area contributed by atoms with Crippen molar-refractivity contribution < 1.29 is 0 Å². The van der Waals surface area contributed by atoms with Gasteiger partial charge < -0.3 is 10.3 Å². The molecular formula is C15H17N5. The van der Waals surface area contributed by atoms with Crippen LogP contribution in [0.5, 0.6) is 0 Å². The summed E-state index contributed by atoms with van der Waals surface area (Å²) in [6.07, 6.45) is 4.18. The fourth-order valence-corrected chi connectivity index (χ4v) is 3.30. The van der Waals surface area contributed by atoms with Gasteiger partial charge in [-0.15, -0.1) is 10.2 Å². The first-order valence-corrected chi connectivity index (χ1v) is 6.73. The molecule has 3 rings (SSSR count). The number of nitriles is 1. The number of anilines is 1. The molecule has 1 aliphatic carbocycles. The van der Waals surface area contributed by atoms with Crippen molar-refractivity contribution in [1.29, 1.82) is 5.26 Å². The van der Waals surface area contributed by atoms with Gasteiger partial charge in [-0.2, -0.15) is 5.26 Å². The molecule has 1 aromatic carbocycles. The number of nitrogens with two attached hydrogens (primary N) is 1. The smallest absolute Gasteiger partial charge is 0.143 e. The first-order valence-electron chi connectivity index (χ1n) is 6.73. The second-order valence-corrected chi connectivity index (χ2v) is 5.61. The van der Waals surface area contributed by atoms with Crippen molar-refractivity contribution in [3.63, 3.8) is 0 Å². The second-order valence-electron chi connectivity index (χ2n) is 5.61. The van der Waals surface area contributed by atoms with E-state index in [1.807, 2.05) is 29.8 Å². The van der Waals surface area contributed by atoms with E-state index in [1.165, 1.54) is 5.56 Å². The topological polar surface area (TPSA) is 80.5 Å². The number of aromatic nitrogens is 3. The van der Waals surface area contributed by atoms with Crippen LogP contribution in [0.3, 0.4) is 0 Å². The SMILES string of the molecule is Cn1cnnc1[C@]1(c2cccc(N)c2)C[C@@H](CC#N)C1. The van der Waals surface area contributed by atoms with Crippen molar-refractivity contribution >= 4 is 5.69 Å². The van der Waals surface area contributed by atoms with E-state index < -0.39 is 0 Å². The maximum absolute atomic E-state index is 8.87. The molecule has 1 heterocycles. The number of nitrogens with zero attached hydrogens (tertiary/aromatic N) is 4. The Bertz CT molecular complexity index is 661. The van der Waals surface area contributed by atoms with Gasteiger partial charge in [-0.25, -0.2) is 0 Å². The normalized spacial score (nSPS) is 24.9. The molecule has 0 spiro atoms. The molecule has 0 atom stereocenters. The maximum Gasteiger partial charge on any atom is 0.143 e. The van der Waals surface area contributed by atoms with E-state index in [1.54, 1.807) is 6.33 Å².